The summed E-state index contributed by atoms with van der Waals surface area (Å²) >= 11 is 0. The van der Waals surface area contributed by atoms with E-state index in [1.165, 1.54) is 6.42 Å². The van der Waals surface area contributed by atoms with E-state index in [1.54, 1.807) is 0 Å². The minimum Gasteiger partial charge on any atom is -0.450 e. The lowest BCUT2D eigenvalue weighted by molar-refractivity contribution is -0.113. The molecule has 5 nitrogen and oxygen atoms in total. The van der Waals surface area contributed by atoms with Gasteiger partial charge in [0.2, 0.25) is 0 Å². The van der Waals surface area contributed by atoms with Crippen molar-refractivity contribution in [2.24, 2.45) is 17.8 Å². The van der Waals surface area contributed by atoms with Crippen LogP contribution in [0.4, 0.5) is 4.79 Å². The Hall–Kier alpha value is -0.810. The van der Waals surface area contributed by atoms with Crippen LogP contribution in [0.1, 0.15) is 40.0 Å². The van der Waals surface area contributed by atoms with Gasteiger partial charge in [-0.2, -0.15) is 0 Å². The van der Waals surface area contributed by atoms with Crippen LogP contribution in [0.15, 0.2) is 0 Å². The summed E-state index contributed by atoms with van der Waals surface area (Å²) in [5.74, 6) is 1.60. The highest BCUT2D eigenvalue weighted by molar-refractivity contribution is 5.56. The van der Waals surface area contributed by atoms with E-state index in [9.17, 15) is 9.90 Å². The van der Waals surface area contributed by atoms with Crippen molar-refractivity contribution in [3.63, 3.8) is 0 Å². The third-order valence-electron chi connectivity index (χ3n) is 3.92. The fraction of sp³-hybridized carbons (Fsp3) is 0.929. The number of hydrogen-bond acceptors (Lipinski definition) is 4. The minimum atomic E-state index is -1.33. The predicted molar refractivity (Wildman–Crippen MR) is 71.1 cm³/mol. The van der Waals surface area contributed by atoms with Gasteiger partial charge in [0, 0.05) is 0 Å². The number of carbonyl (C=O) groups is 1. The summed E-state index contributed by atoms with van der Waals surface area (Å²) in [4.78, 5) is 10.4. The molecule has 0 radical (unpaired) electrons. The molecule has 0 aromatic rings. The molecule has 0 amide bonds. The zero-order valence-electron chi connectivity index (χ0n) is 12.0. The van der Waals surface area contributed by atoms with E-state index in [2.05, 4.69) is 25.5 Å². The van der Waals surface area contributed by atoms with Gasteiger partial charge in [-0.25, -0.2) is 4.79 Å². The van der Waals surface area contributed by atoms with Crippen molar-refractivity contribution < 1.29 is 24.5 Å². The molecule has 2 N–H and O–H groups in total. The molecule has 4 unspecified atom stereocenters. The second kappa shape index (κ2) is 7.70. The molecule has 5 heteroatoms. The molecule has 1 aliphatic carbocycles. The third kappa shape index (κ3) is 5.37. The normalized spacial score (nSPS) is 29.2. The fourth-order valence-corrected chi connectivity index (χ4v) is 2.82. The van der Waals surface area contributed by atoms with E-state index in [1.807, 2.05) is 0 Å². The van der Waals surface area contributed by atoms with Gasteiger partial charge >= 0.3 is 6.16 Å². The van der Waals surface area contributed by atoms with Crippen LogP contribution in [0.3, 0.4) is 0 Å². The number of aliphatic hydroxyl groups excluding tert-OH is 1. The van der Waals surface area contributed by atoms with Crippen molar-refractivity contribution in [1.82, 2.24) is 0 Å². The lowest BCUT2D eigenvalue weighted by atomic mass is 9.75. The number of aliphatic hydroxyl groups is 1. The third-order valence-corrected chi connectivity index (χ3v) is 3.92. The molecule has 0 spiro atoms. The minimum absolute atomic E-state index is 0.0818. The Balaban J connectivity index is 2.55. The Kier molecular flexibility index (Phi) is 6.58. The molecule has 0 heterocycles. The van der Waals surface area contributed by atoms with Gasteiger partial charge in [0.05, 0.1) is 12.7 Å². The number of carboxylic acid groups (broad SMARTS) is 1. The molecule has 0 saturated heterocycles. The summed E-state index contributed by atoms with van der Waals surface area (Å²) in [6.07, 6.45) is 1.48. The van der Waals surface area contributed by atoms with Crippen molar-refractivity contribution in [3.05, 3.63) is 0 Å². The smallest absolute Gasteiger partial charge is 0.450 e. The Bertz CT molecular complexity index is 279. The molecule has 1 rings (SSSR count). The summed E-state index contributed by atoms with van der Waals surface area (Å²) in [5, 5.41) is 17.7. The first-order chi connectivity index (χ1) is 8.93. The van der Waals surface area contributed by atoms with Crippen molar-refractivity contribution >= 4 is 6.16 Å². The van der Waals surface area contributed by atoms with E-state index in [0.717, 1.165) is 12.8 Å². The maximum absolute atomic E-state index is 10.4. The van der Waals surface area contributed by atoms with Crippen molar-refractivity contribution in [2.75, 3.05) is 13.2 Å². The summed E-state index contributed by atoms with van der Waals surface area (Å²) in [6, 6.07) is 0. The molecule has 0 aromatic heterocycles. The molecular weight excluding hydrogens is 248 g/mol. The van der Waals surface area contributed by atoms with Crippen LogP contribution in [0.5, 0.6) is 0 Å². The summed E-state index contributed by atoms with van der Waals surface area (Å²) < 4.78 is 10.4. The zero-order valence-corrected chi connectivity index (χ0v) is 12.0. The predicted octanol–water partition coefficient (Wildman–Crippen LogP) is 2.52. The molecule has 19 heavy (non-hydrogen) atoms. The van der Waals surface area contributed by atoms with Gasteiger partial charge in [0.15, 0.2) is 0 Å². The highest BCUT2D eigenvalue weighted by Crippen LogP contribution is 2.35. The fourth-order valence-electron chi connectivity index (χ4n) is 2.82. The molecule has 0 aliphatic heterocycles. The van der Waals surface area contributed by atoms with Crippen molar-refractivity contribution in [3.8, 4) is 0 Å². The maximum atomic E-state index is 10.4. The Morgan fingerprint density at radius 3 is 2.58 bits per heavy atom. The van der Waals surface area contributed by atoms with E-state index in [0.29, 0.717) is 17.8 Å². The van der Waals surface area contributed by atoms with Crippen molar-refractivity contribution in [2.45, 2.75) is 52.2 Å². The van der Waals surface area contributed by atoms with E-state index < -0.39 is 12.3 Å². The number of hydrogen-bond donors (Lipinski definition) is 2. The van der Waals surface area contributed by atoms with E-state index >= 15 is 0 Å². The molecule has 0 bridgehead atoms. The van der Waals surface area contributed by atoms with Crippen LogP contribution < -0.4 is 0 Å². The first-order valence-corrected chi connectivity index (χ1v) is 7.06. The molecule has 0 aromatic carbocycles. The van der Waals surface area contributed by atoms with Crippen LogP contribution in [0.25, 0.3) is 0 Å². The van der Waals surface area contributed by atoms with Crippen molar-refractivity contribution in [1.29, 1.82) is 0 Å². The Morgan fingerprint density at radius 1 is 1.37 bits per heavy atom. The van der Waals surface area contributed by atoms with Gasteiger partial charge in [-0.15, -0.1) is 0 Å². The molecule has 1 aliphatic rings. The Morgan fingerprint density at radius 2 is 2.05 bits per heavy atom. The SMILES string of the molecule is CC1CCC(C(C)C)C(OC(CO)COC(=O)O)C1. The van der Waals surface area contributed by atoms with Crippen LogP contribution in [-0.4, -0.2) is 41.8 Å². The van der Waals surface area contributed by atoms with Gasteiger partial charge in [0.1, 0.15) is 12.7 Å². The van der Waals surface area contributed by atoms with Gasteiger partial charge in [-0.1, -0.05) is 27.2 Å². The zero-order chi connectivity index (χ0) is 14.4. The van der Waals surface area contributed by atoms with Crippen LogP contribution in [0, 0.1) is 17.8 Å². The quantitative estimate of drug-likeness (QED) is 0.728. The molecule has 1 saturated carbocycles. The summed E-state index contributed by atoms with van der Waals surface area (Å²) in [6.45, 7) is 6.23. The lowest BCUT2D eigenvalue weighted by Crippen LogP contribution is -2.39. The number of ether oxygens (including phenoxy) is 2. The highest BCUT2D eigenvalue weighted by Gasteiger charge is 2.33. The first kappa shape index (κ1) is 16.2. The second-order valence-corrected chi connectivity index (χ2v) is 5.88. The average Bonchev–Trinajstić information content (AvgIpc) is 2.33. The second-order valence-electron chi connectivity index (χ2n) is 5.88. The van der Waals surface area contributed by atoms with Gasteiger partial charge in [0.25, 0.3) is 0 Å². The monoisotopic (exact) mass is 274 g/mol. The van der Waals surface area contributed by atoms with E-state index in [-0.39, 0.29) is 19.3 Å². The van der Waals surface area contributed by atoms with Crippen LogP contribution in [0.2, 0.25) is 0 Å². The highest BCUT2D eigenvalue weighted by atomic mass is 16.7. The molecule has 1 fully saturated rings. The van der Waals surface area contributed by atoms with Crippen LogP contribution in [-0.2, 0) is 9.47 Å². The average molecular weight is 274 g/mol. The molecular formula is C14H26O5. The summed E-state index contributed by atoms with van der Waals surface area (Å²) in [5.41, 5.74) is 0. The van der Waals surface area contributed by atoms with Gasteiger partial charge in [-0.3, -0.25) is 0 Å². The molecule has 112 valence electrons. The van der Waals surface area contributed by atoms with Gasteiger partial charge < -0.3 is 19.7 Å². The first-order valence-electron chi connectivity index (χ1n) is 7.06. The standard InChI is InChI=1S/C14H26O5/c1-9(2)12-5-4-10(3)6-13(12)19-11(7-15)8-18-14(16)17/h9-13,15H,4-8H2,1-3H3,(H,16,17). The van der Waals surface area contributed by atoms with E-state index in [4.69, 9.17) is 9.84 Å². The lowest BCUT2D eigenvalue weighted by Gasteiger charge is -2.38. The topological polar surface area (TPSA) is 76.0 Å². The maximum Gasteiger partial charge on any atom is 0.505 e. The Labute approximate surface area is 114 Å². The largest absolute Gasteiger partial charge is 0.505 e. The van der Waals surface area contributed by atoms with Gasteiger partial charge in [-0.05, 0) is 30.6 Å². The summed E-state index contributed by atoms with van der Waals surface area (Å²) in [7, 11) is 0. The number of rotatable bonds is 6. The molecule has 4 atom stereocenters. The van der Waals surface area contributed by atoms with Crippen LogP contribution >= 0.6 is 0 Å².